The number of rotatable bonds is 3. The summed E-state index contributed by atoms with van der Waals surface area (Å²) in [6, 6.07) is 3.66. The average molecular weight is 283 g/mol. The van der Waals surface area contributed by atoms with Gasteiger partial charge in [-0.05, 0) is 26.0 Å². The van der Waals surface area contributed by atoms with Gasteiger partial charge in [0.2, 0.25) is 5.88 Å². The van der Waals surface area contributed by atoms with Crippen molar-refractivity contribution in [1.82, 2.24) is 5.16 Å². The van der Waals surface area contributed by atoms with Crippen LogP contribution in [0.25, 0.3) is 0 Å². The Hall–Kier alpha value is -2.22. The predicted octanol–water partition coefficient (Wildman–Crippen LogP) is 1.38. The van der Waals surface area contributed by atoms with Crippen LogP contribution in [-0.2, 0) is 10.0 Å². The fourth-order valence-corrected chi connectivity index (χ4v) is 2.45. The molecule has 0 unspecified atom stereocenters. The first-order valence-electron chi connectivity index (χ1n) is 5.35. The number of phenols is 1. The Kier molecular flexibility index (Phi) is 3.11. The van der Waals surface area contributed by atoms with E-state index < -0.39 is 10.0 Å². The van der Waals surface area contributed by atoms with Gasteiger partial charge in [-0.3, -0.25) is 0 Å². The first-order chi connectivity index (χ1) is 8.81. The van der Waals surface area contributed by atoms with Gasteiger partial charge >= 0.3 is 0 Å². The van der Waals surface area contributed by atoms with E-state index in [1.165, 1.54) is 12.1 Å². The molecule has 8 heteroatoms. The minimum atomic E-state index is -3.86. The van der Waals surface area contributed by atoms with Crippen molar-refractivity contribution >= 4 is 21.6 Å². The number of hydrogen-bond acceptors (Lipinski definition) is 6. The number of nitrogens with zero attached hydrogens (tertiary/aromatic N) is 1. The fourth-order valence-electron chi connectivity index (χ4n) is 1.38. The molecule has 0 saturated heterocycles. The average Bonchev–Trinajstić information content (AvgIpc) is 2.64. The molecule has 0 aliphatic rings. The quantitative estimate of drug-likeness (QED) is 0.578. The van der Waals surface area contributed by atoms with Gasteiger partial charge in [-0.15, -0.1) is 0 Å². The summed E-state index contributed by atoms with van der Waals surface area (Å²) in [4.78, 5) is -0.118. The van der Waals surface area contributed by atoms with Gasteiger partial charge in [-0.2, -0.15) is 0 Å². The number of nitrogens with two attached hydrogens (primary N) is 1. The van der Waals surface area contributed by atoms with Crippen LogP contribution in [-0.4, -0.2) is 18.7 Å². The van der Waals surface area contributed by atoms with Gasteiger partial charge in [0.25, 0.3) is 10.0 Å². The van der Waals surface area contributed by atoms with Gasteiger partial charge in [0.05, 0.1) is 16.3 Å². The predicted molar refractivity (Wildman–Crippen MR) is 69.3 cm³/mol. The number of anilines is 2. The van der Waals surface area contributed by atoms with Gasteiger partial charge in [-0.1, -0.05) is 5.16 Å². The fraction of sp³-hybridized carbons (Fsp3) is 0.182. The molecule has 0 bridgehead atoms. The molecule has 0 atom stereocenters. The maximum absolute atomic E-state index is 12.1. The Morgan fingerprint density at radius 2 is 2.05 bits per heavy atom. The van der Waals surface area contributed by atoms with Crippen molar-refractivity contribution in [3.63, 3.8) is 0 Å². The van der Waals surface area contributed by atoms with Crippen LogP contribution in [0, 0.1) is 13.8 Å². The molecule has 0 radical (unpaired) electrons. The Labute approximate surface area is 110 Å². The van der Waals surface area contributed by atoms with Crippen LogP contribution in [0.15, 0.2) is 27.6 Å². The maximum Gasteiger partial charge on any atom is 0.264 e. The van der Waals surface area contributed by atoms with E-state index in [0.717, 1.165) is 6.07 Å². The molecule has 1 aromatic carbocycles. The summed E-state index contributed by atoms with van der Waals surface area (Å²) in [5, 5.41) is 13.1. The highest BCUT2D eigenvalue weighted by molar-refractivity contribution is 7.92. The molecule has 1 aromatic heterocycles. The number of aryl methyl sites for hydroxylation is 1. The highest BCUT2D eigenvalue weighted by Gasteiger charge is 2.20. The second kappa shape index (κ2) is 4.47. The molecule has 19 heavy (non-hydrogen) atoms. The van der Waals surface area contributed by atoms with Crippen molar-refractivity contribution in [2.75, 3.05) is 10.5 Å². The minimum absolute atomic E-state index is 0.0498. The molecule has 0 spiro atoms. The standard InChI is InChI=1S/C11H13N3O4S/c1-6-7(2)13-18-11(6)14-19(16,17)8-3-4-9(12)10(15)5-8/h3-5,14-15H,12H2,1-2H3. The number of nitrogens with one attached hydrogen (secondary N) is 1. The molecule has 0 aliphatic heterocycles. The summed E-state index contributed by atoms with van der Waals surface area (Å²) in [6.45, 7) is 3.38. The molecule has 0 amide bonds. The van der Waals surface area contributed by atoms with Crippen LogP contribution in [0.1, 0.15) is 11.3 Å². The smallest absolute Gasteiger partial charge is 0.264 e. The number of phenolic OH excluding ortho intramolecular Hbond substituents is 1. The monoisotopic (exact) mass is 283 g/mol. The number of nitrogen functional groups attached to an aromatic ring is 1. The lowest BCUT2D eigenvalue weighted by Gasteiger charge is -2.07. The van der Waals surface area contributed by atoms with Crippen LogP contribution in [0.4, 0.5) is 11.6 Å². The normalized spacial score (nSPS) is 11.5. The van der Waals surface area contributed by atoms with E-state index in [2.05, 4.69) is 9.88 Å². The molecular formula is C11H13N3O4S. The highest BCUT2D eigenvalue weighted by Crippen LogP contribution is 2.26. The largest absolute Gasteiger partial charge is 0.506 e. The SMILES string of the molecule is Cc1noc(NS(=O)(=O)c2ccc(N)c(O)c2)c1C. The van der Waals surface area contributed by atoms with Crippen molar-refractivity contribution in [3.8, 4) is 5.75 Å². The van der Waals surface area contributed by atoms with E-state index in [0.29, 0.717) is 11.3 Å². The molecule has 2 rings (SSSR count). The van der Waals surface area contributed by atoms with E-state index in [9.17, 15) is 13.5 Å². The highest BCUT2D eigenvalue weighted by atomic mass is 32.2. The molecule has 2 aromatic rings. The number of aromatic nitrogens is 1. The zero-order valence-electron chi connectivity index (χ0n) is 10.3. The van der Waals surface area contributed by atoms with Gasteiger partial charge < -0.3 is 15.4 Å². The Morgan fingerprint density at radius 1 is 1.37 bits per heavy atom. The second-order valence-corrected chi connectivity index (χ2v) is 5.73. The zero-order valence-corrected chi connectivity index (χ0v) is 11.2. The van der Waals surface area contributed by atoms with E-state index in [1.54, 1.807) is 13.8 Å². The summed E-state index contributed by atoms with van der Waals surface area (Å²) in [5.74, 6) is -0.248. The third-order valence-electron chi connectivity index (χ3n) is 2.70. The molecular weight excluding hydrogens is 270 g/mol. The Bertz CT molecular complexity index is 722. The Morgan fingerprint density at radius 3 is 2.58 bits per heavy atom. The second-order valence-electron chi connectivity index (χ2n) is 4.05. The number of aromatic hydroxyl groups is 1. The summed E-state index contributed by atoms with van der Waals surface area (Å²) >= 11 is 0. The van der Waals surface area contributed by atoms with Crippen molar-refractivity contribution in [2.24, 2.45) is 0 Å². The van der Waals surface area contributed by atoms with Crippen molar-refractivity contribution in [1.29, 1.82) is 0 Å². The van der Waals surface area contributed by atoms with Gasteiger partial charge in [0.1, 0.15) is 5.75 Å². The van der Waals surface area contributed by atoms with Crippen molar-refractivity contribution in [3.05, 3.63) is 29.5 Å². The van der Waals surface area contributed by atoms with Crippen LogP contribution in [0.3, 0.4) is 0 Å². The van der Waals surface area contributed by atoms with Crippen molar-refractivity contribution < 1.29 is 18.0 Å². The summed E-state index contributed by atoms with van der Waals surface area (Å²) in [7, 11) is -3.86. The lowest BCUT2D eigenvalue weighted by Crippen LogP contribution is -2.13. The van der Waals surface area contributed by atoms with Gasteiger partial charge in [0.15, 0.2) is 0 Å². The van der Waals surface area contributed by atoms with Crippen LogP contribution in [0.2, 0.25) is 0 Å². The summed E-state index contributed by atoms with van der Waals surface area (Å²) < 4.78 is 31.3. The summed E-state index contributed by atoms with van der Waals surface area (Å²) in [6.07, 6.45) is 0. The molecule has 4 N–H and O–H groups in total. The molecule has 0 aliphatic carbocycles. The molecule has 1 heterocycles. The number of sulfonamides is 1. The zero-order chi connectivity index (χ0) is 14.2. The van der Waals surface area contributed by atoms with Crippen LogP contribution in [0.5, 0.6) is 5.75 Å². The first-order valence-corrected chi connectivity index (χ1v) is 6.84. The van der Waals surface area contributed by atoms with Crippen LogP contribution >= 0.6 is 0 Å². The number of benzene rings is 1. The maximum atomic E-state index is 12.1. The lowest BCUT2D eigenvalue weighted by molar-refractivity contribution is 0.430. The molecule has 0 fully saturated rings. The lowest BCUT2D eigenvalue weighted by atomic mass is 10.3. The molecule has 102 valence electrons. The topological polar surface area (TPSA) is 118 Å². The third kappa shape index (κ3) is 2.48. The first kappa shape index (κ1) is 13.2. The third-order valence-corrected chi connectivity index (χ3v) is 4.03. The molecule has 7 nitrogen and oxygen atoms in total. The van der Waals surface area contributed by atoms with E-state index >= 15 is 0 Å². The Balaban J connectivity index is 2.37. The minimum Gasteiger partial charge on any atom is -0.506 e. The summed E-state index contributed by atoms with van der Waals surface area (Å²) in [5.41, 5.74) is 6.72. The van der Waals surface area contributed by atoms with E-state index in [4.69, 9.17) is 10.3 Å². The van der Waals surface area contributed by atoms with Gasteiger partial charge in [-0.25, -0.2) is 13.1 Å². The number of hydrogen-bond donors (Lipinski definition) is 3. The molecule has 0 saturated carbocycles. The van der Waals surface area contributed by atoms with Gasteiger partial charge in [0, 0.05) is 11.6 Å². The van der Waals surface area contributed by atoms with E-state index in [1.807, 2.05) is 0 Å². The van der Waals surface area contributed by atoms with Crippen LogP contribution < -0.4 is 10.5 Å². The van der Waals surface area contributed by atoms with E-state index in [-0.39, 0.29) is 22.2 Å². The van der Waals surface area contributed by atoms with Crippen molar-refractivity contribution in [2.45, 2.75) is 18.7 Å².